The van der Waals surface area contributed by atoms with Crippen LogP contribution in [0.4, 0.5) is 4.79 Å². The van der Waals surface area contributed by atoms with Crippen LogP contribution < -0.4 is 0 Å². The summed E-state index contributed by atoms with van der Waals surface area (Å²) in [6, 6.07) is 6.17. The molecule has 7 heteroatoms. The Morgan fingerprint density at radius 2 is 2.11 bits per heavy atom. The second kappa shape index (κ2) is 5.15. The first-order valence-electron chi connectivity index (χ1n) is 5.23. The number of imide groups is 1. The molecule has 0 aromatic heterocycles. The zero-order chi connectivity index (χ0) is 14.0. The number of phenols is 1. The van der Waals surface area contributed by atoms with Crippen LogP contribution >= 0.6 is 11.8 Å². The SMILES string of the molecule is O=C(O)CN1C(=O)S/C(=C/c2cccc(O)c2)C1=O. The Bertz CT molecular complexity index is 596. The number of nitrogens with zero attached hydrogens (tertiary/aromatic N) is 1. The number of benzene rings is 1. The van der Waals surface area contributed by atoms with Crippen LogP contribution in [0.1, 0.15) is 5.56 Å². The zero-order valence-corrected chi connectivity index (χ0v) is 10.4. The molecule has 98 valence electrons. The van der Waals surface area contributed by atoms with Gasteiger partial charge in [0.25, 0.3) is 11.1 Å². The summed E-state index contributed by atoms with van der Waals surface area (Å²) in [7, 11) is 0. The minimum atomic E-state index is -1.25. The van der Waals surface area contributed by atoms with Crippen molar-refractivity contribution in [1.29, 1.82) is 0 Å². The van der Waals surface area contributed by atoms with Crippen LogP contribution in [-0.2, 0) is 9.59 Å². The number of thioether (sulfide) groups is 1. The third kappa shape index (κ3) is 2.94. The van der Waals surface area contributed by atoms with E-state index in [0.29, 0.717) is 22.2 Å². The molecule has 0 saturated carbocycles. The maximum atomic E-state index is 11.8. The van der Waals surface area contributed by atoms with Gasteiger partial charge >= 0.3 is 5.97 Å². The van der Waals surface area contributed by atoms with Gasteiger partial charge in [0, 0.05) is 0 Å². The van der Waals surface area contributed by atoms with Gasteiger partial charge in [-0.15, -0.1) is 0 Å². The molecule has 1 aliphatic rings. The predicted molar refractivity (Wildman–Crippen MR) is 68.4 cm³/mol. The van der Waals surface area contributed by atoms with E-state index >= 15 is 0 Å². The van der Waals surface area contributed by atoms with Crippen molar-refractivity contribution in [3.63, 3.8) is 0 Å². The van der Waals surface area contributed by atoms with Gasteiger partial charge in [0.2, 0.25) is 0 Å². The van der Waals surface area contributed by atoms with Crippen molar-refractivity contribution in [1.82, 2.24) is 4.90 Å². The van der Waals surface area contributed by atoms with Gasteiger partial charge in [-0.3, -0.25) is 19.3 Å². The molecule has 19 heavy (non-hydrogen) atoms. The number of phenolic OH excluding ortho intramolecular Hbond substituents is 1. The van der Waals surface area contributed by atoms with Crippen LogP contribution in [0.5, 0.6) is 5.75 Å². The van der Waals surface area contributed by atoms with E-state index in [1.807, 2.05) is 0 Å². The summed E-state index contributed by atoms with van der Waals surface area (Å²) in [4.78, 5) is 34.7. The van der Waals surface area contributed by atoms with Crippen molar-refractivity contribution in [2.75, 3.05) is 6.54 Å². The van der Waals surface area contributed by atoms with Crippen molar-refractivity contribution < 1.29 is 24.6 Å². The number of carboxylic acids is 1. The summed E-state index contributed by atoms with van der Waals surface area (Å²) in [5, 5.41) is 17.3. The molecule has 6 nitrogen and oxygen atoms in total. The highest BCUT2D eigenvalue weighted by atomic mass is 32.2. The lowest BCUT2D eigenvalue weighted by molar-refractivity contribution is -0.140. The van der Waals surface area contributed by atoms with Gasteiger partial charge in [0.15, 0.2) is 0 Å². The first kappa shape index (κ1) is 13.2. The van der Waals surface area contributed by atoms with Crippen LogP contribution in [0.3, 0.4) is 0 Å². The lowest BCUT2D eigenvalue weighted by atomic mass is 10.2. The van der Waals surface area contributed by atoms with Gasteiger partial charge in [0.05, 0.1) is 4.91 Å². The van der Waals surface area contributed by atoms with E-state index in [2.05, 4.69) is 0 Å². The Hall–Kier alpha value is -2.28. The number of hydrogen-bond donors (Lipinski definition) is 2. The van der Waals surface area contributed by atoms with Crippen molar-refractivity contribution in [3.8, 4) is 5.75 Å². The third-order valence-electron chi connectivity index (χ3n) is 2.33. The van der Waals surface area contributed by atoms with Crippen LogP contribution in [0.25, 0.3) is 6.08 Å². The highest BCUT2D eigenvalue weighted by Crippen LogP contribution is 2.32. The monoisotopic (exact) mass is 279 g/mol. The molecule has 1 aromatic carbocycles. The molecule has 0 spiro atoms. The van der Waals surface area contributed by atoms with Crippen molar-refractivity contribution in [3.05, 3.63) is 34.7 Å². The molecule has 1 saturated heterocycles. The van der Waals surface area contributed by atoms with E-state index in [-0.39, 0.29) is 10.7 Å². The molecule has 0 bridgehead atoms. The van der Waals surface area contributed by atoms with Crippen LogP contribution in [-0.4, -0.2) is 38.8 Å². The van der Waals surface area contributed by atoms with Crippen LogP contribution in [0, 0.1) is 0 Å². The first-order chi connectivity index (χ1) is 8.97. The molecule has 0 radical (unpaired) electrons. The molecule has 2 amide bonds. The van der Waals surface area contributed by atoms with Crippen molar-refractivity contribution >= 4 is 35.0 Å². The van der Waals surface area contributed by atoms with Gasteiger partial charge in [-0.2, -0.15) is 0 Å². The lowest BCUT2D eigenvalue weighted by Gasteiger charge is -2.07. The molecular formula is C12H9NO5S. The number of amides is 2. The van der Waals surface area contributed by atoms with Crippen molar-refractivity contribution in [2.45, 2.75) is 0 Å². The van der Waals surface area contributed by atoms with E-state index in [4.69, 9.17) is 5.11 Å². The molecule has 1 aliphatic heterocycles. The Balaban J connectivity index is 2.25. The molecule has 1 aromatic rings. The van der Waals surface area contributed by atoms with E-state index in [0.717, 1.165) is 0 Å². The Morgan fingerprint density at radius 3 is 2.74 bits per heavy atom. The van der Waals surface area contributed by atoms with Gasteiger partial charge in [-0.05, 0) is 35.5 Å². The minimum Gasteiger partial charge on any atom is -0.508 e. The summed E-state index contributed by atoms with van der Waals surface area (Å²) < 4.78 is 0. The summed E-state index contributed by atoms with van der Waals surface area (Å²) in [5.41, 5.74) is 0.556. The minimum absolute atomic E-state index is 0.0403. The summed E-state index contributed by atoms with van der Waals surface area (Å²) in [6.45, 7) is -0.651. The van der Waals surface area contributed by atoms with E-state index in [9.17, 15) is 19.5 Å². The largest absolute Gasteiger partial charge is 0.508 e. The number of carboxylic acid groups (broad SMARTS) is 1. The molecule has 1 heterocycles. The normalized spacial score (nSPS) is 17.3. The van der Waals surface area contributed by atoms with Crippen LogP contribution in [0.15, 0.2) is 29.2 Å². The maximum absolute atomic E-state index is 11.8. The maximum Gasteiger partial charge on any atom is 0.323 e. The topological polar surface area (TPSA) is 94.9 Å². The highest BCUT2D eigenvalue weighted by molar-refractivity contribution is 8.18. The number of hydrogen-bond acceptors (Lipinski definition) is 5. The standard InChI is InChI=1S/C12H9NO5S/c14-8-3-1-2-7(4-8)5-9-11(17)13(6-10(15)16)12(18)19-9/h1-5,14H,6H2,(H,15,16)/b9-5+. The zero-order valence-electron chi connectivity index (χ0n) is 9.57. The average molecular weight is 279 g/mol. The molecular weight excluding hydrogens is 270 g/mol. The fourth-order valence-electron chi connectivity index (χ4n) is 1.54. The highest BCUT2D eigenvalue weighted by Gasteiger charge is 2.36. The molecule has 0 atom stereocenters. The molecule has 2 rings (SSSR count). The van der Waals surface area contributed by atoms with E-state index in [1.54, 1.807) is 12.1 Å². The predicted octanol–water partition coefficient (Wildman–Crippen LogP) is 1.51. The van der Waals surface area contributed by atoms with Gasteiger partial charge < -0.3 is 10.2 Å². The fourth-order valence-corrected chi connectivity index (χ4v) is 2.38. The van der Waals surface area contributed by atoms with Crippen molar-refractivity contribution in [2.24, 2.45) is 0 Å². The summed E-state index contributed by atoms with van der Waals surface area (Å²) in [5.74, 6) is -1.85. The third-order valence-corrected chi connectivity index (χ3v) is 3.24. The van der Waals surface area contributed by atoms with E-state index < -0.39 is 23.7 Å². The smallest absolute Gasteiger partial charge is 0.323 e. The average Bonchev–Trinajstić information content (AvgIpc) is 2.57. The summed E-state index contributed by atoms with van der Waals surface area (Å²) >= 11 is 0.678. The number of aliphatic carboxylic acids is 1. The second-order valence-electron chi connectivity index (χ2n) is 3.76. The first-order valence-corrected chi connectivity index (χ1v) is 6.05. The Morgan fingerprint density at radius 1 is 1.37 bits per heavy atom. The molecule has 0 unspecified atom stereocenters. The lowest BCUT2D eigenvalue weighted by Crippen LogP contribution is -2.33. The number of carbonyl (C=O) groups is 3. The number of aromatic hydroxyl groups is 1. The molecule has 0 aliphatic carbocycles. The van der Waals surface area contributed by atoms with Crippen LogP contribution in [0.2, 0.25) is 0 Å². The Labute approximate surface area is 112 Å². The molecule has 1 fully saturated rings. The van der Waals surface area contributed by atoms with Gasteiger partial charge in [-0.25, -0.2) is 0 Å². The second-order valence-corrected chi connectivity index (χ2v) is 4.75. The number of rotatable bonds is 3. The summed E-state index contributed by atoms with van der Waals surface area (Å²) in [6.07, 6.45) is 1.44. The molecule has 2 N–H and O–H groups in total. The quantitative estimate of drug-likeness (QED) is 0.814. The van der Waals surface area contributed by atoms with Gasteiger partial charge in [-0.1, -0.05) is 12.1 Å². The Kier molecular flexibility index (Phi) is 3.57. The van der Waals surface area contributed by atoms with E-state index in [1.165, 1.54) is 18.2 Å². The number of carbonyl (C=O) groups excluding carboxylic acids is 2. The fraction of sp³-hybridized carbons (Fsp3) is 0.0833. The van der Waals surface area contributed by atoms with Gasteiger partial charge in [0.1, 0.15) is 12.3 Å².